The standard InChI is InChI=1S/C26H31N3O3/c1-18-15-28(16-19(2)31-18)17-20-7-9-22(10-8-20)26(30)29-13-11-21(12-14-29)25-27-23-5-3-4-6-24(23)32-25/h3-10,18-19,21H,11-17H2,1-2H3. The Morgan fingerprint density at radius 1 is 1.00 bits per heavy atom. The fourth-order valence-corrected chi connectivity index (χ4v) is 5.00. The average Bonchev–Trinajstić information content (AvgIpc) is 3.23. The molecule has 0 aliphatic carbocycles. The molecule has 3 aromatic rings. The molecule has 2 unspecified atom stereocenters. The van der Waals surface area contributed by atoms with Gasteiger partial charge in [0.05, 0.1) is 12.2 Å². The van der Waals surface area contributed by atoms with Crippen LogP contribution in [0.3, 0.4) is 0 Å². The molecule has 2 saturated heterocycles. The van der Waals surface area contributed by atoms with Crippen molar-refractivity contribution < 1.29 is 13.9 Å². The van der Waals surface area contributed by atoms with Gasteiger partial charge in [0, 0.05) is 44.2 Å². The van der Waals surface area contributed by atoms with Gasteiger partial charge in [0.2, 0.25) is 0 Å². The number of carbonyl (C=O) groups is 1. The van der Waals surface area contributed by atoms with Gasteiger partial charge in [-0.3, -0.25) is 9.69 Å². The van der Waals surface area contributed by atoms with E-state index in [0.717, 1.165) is 68.1 Å². The minimum Gasteiger partial charge on any atom is -0.440 e. The number of rotatable bonds is 4. The van der Waals surface area contributed by atoms with Crippen molar-refractivity contribution in [3.8, 4) is 0 Å². The average molecular weight is 434 g/mol. The molecule has 0 N–H and O–H groups in total. The molecule has 0 radical (unpaired) electrons. The first-order chi connectivity index (χ1) is 15.5. The van der Waals surface area contributed by atoms with Crippen molar-refractivity contribution >= 4 is 17.0 Å². The Morgan fingerprint density at radius 3 is 2.38 bits per heavy atom. The summed E-state index contributed by atoms with van der Waals surface area (Å²) in [6.45, 7) is 8.49. The van der Waals surface area contributed by atoms with Crippen LogP contribution in [0.1, 0.15) is 54.4 Å². The molecule has 6 nitrogen and oxygen atoms in total. The van der Waals surface area contributed by atoms with Gasteiger partial charge in [-0.25, -0.2) is 4.98 Å². The van der Waals surface area contributed by atoms with Gasteiger partial charge in [-0.1, -0.05) is 24.3 Å². The third-order valence-electron chi connectivity index (χ3n) is 6.54. The van der Waals surface area contributed by atoms with Crippen molar-refractivity contribution in [2.24, 2.45) is 0 Å². The number of hydrogen-bond donors (Lipinski definition) is 0. The van der Waals surface area contributed by atoms with Crippen molar-refractivity contribution in [2.75, 3.05) is 26.2 Å². The van der Waals surface area contributed by atoms with Crippen LogP contribution in [-0.2, 0) is 11.3 Å². The minimum atomic E-state index is 0.112. The number of benzene rings is 2. The van der Waals surface area contributed by atoms with Gasteiger partial charge in [-0.2, -0.15) is 0 Å². The highest BCUT2D eigenvalue weighted by atomic mass is 16.5. The smallest absolute Gasteiger partial charge is 0.253 e. The number of amides is 1. The first kappa shape index (κ1) is 21.2. The molecular formula is C26H31N3O3. The van der Waals surface area contributed by atoms with Crippen molar-refractivity contribution in [2.45, 2.75) is 51.4 Å². The molecule has 2 aliphatic heterocycles. The second-order valence-corrected chi connectivity index (χ2v) is 9.23. The molecular weight excluding hydrogens is 402 g/mol. The molecule has 0 spiro atoms. The lowest BCUT2D eigenvalue weighted by Crippen LogP contribution is -2.44. The number of para-hydroxylation sites is 2. The highest BCUT2D eigenvalue weighted by Gasteiger charge is 2.28. The second-order valence-electron chi connectivity index (χ2n) is 9.23. The molecule has 1 aromatic heterocycles. The summed E-state index contributed by atoms with van der Waals surface area (Å²) in [6.07, 6.45) is 2.28. The molecule has 2 aliphatic rings. The lowest BCUT2D eigenvalue weighted by atomic mass is 9.96. The molecule has 32 heavy (non-hydrogen) atoms. The Bertz CT molecular complexity index is 1030. The van der Waals surface area contributed by atoms with Gasteiger partial charge in [0.25, 0.3) is 5.91 Å². The number of piperidine rings is 1. The molecule has 0 saturated carbocycles. The third-order valence-corrected chi connectivity index (χ3v) is 6.54. The van der Waals surface area contributed by atoms with E-state index in [-0.39, 0.29) is 24.0 Å². The van der Waals surface area contributed by atoms with E-state index in [9.17, 15) is 4.79 Å². The van der Waals surface area contributed by atoms with Gasteiger partial charge >= 0.3 is 0 Å². The van der Waals surface area contributed by atoms with Crippen LogP contribution in [-0.4, -0.2) is 59.1 Å². The van der Waals surface area contributed by atoms with Crippen LogP contribution in [0.5, 0.6) is 0 Å². The van der Waals surface area contributed by atoms with Gasteiger partial charge in [0.1, 0.15) is 5.52 Å². The van der Waals surface area contributed by atoms with Crippen molar-refractivity contribution in [1.82, 2.24) is 14.8 Å². The molecule has 3 heterocycles. The fraction of sp³-hybridized carbons (Fsp3) is 0.462. The van der Waals surface area contributed by atoms with E-state index < -0.39 is 0 Å². The normalized spacial score (nSPS) is 23.0. The molecule has 1 amide bonds. The number of ether oxygens (including phenoxy) is 1. The predicted octanol–water partition coefficient (Wildman–Crippen LogP) is 4.46. The number of carbonyl (C=O) groups excluding carboxylic acids is 1. The summed E-state index contributed by atoms with van der Waals surface area (Å²) in [4.78, 5) is 22.1. The summed E-state index contributed by atoms with van der Waals surface area (Å²) in [7, 11) is 0. The van der Waals surface area contributed by atoms with Crippen molar-refractivity contribution in [3.63, 3.8) is 0 Å². The summed E-state index contributed by atoms with van der Waals surface area (Å²) in [5.74, 6) is 1.18. The van der Waals surface area contributed by atoms with E-state index in [4.69, 9.17) is 9.15 Å². The molecule has 5 rings (SSSR count). The van der Waals surface area contributed by atoms with E-state index in [1.54, 1.807) is 0 Å². The van der Waals surface area contributed by atoms with Crippen molar-refractivity contribution in [1.29, 1.82) is 0 Å². The van der Waals surface area contributed by atoms with Crippen LogP contribution in [0.25, 0.3) is 11.1 Å². The number of nitrogens with zero attached hydrogens (tertiary/aromatic N) is 3. The van der Waals surface area contributed by atoms with Crippen LogP contribution < -0.4 is 0 Å². The Kier molecular flexibility index (Phi) is 5.98. The molecule has 6 heteroatoms. The summed E-state index contributed by atoms with van der Waals surface area (Å²) in [5.41, 5.74) is 3.74. The summed E-state index contributed by atoms with van der Waals surface area (Å²) in [5, 5.41) is 0. The second kappa shape index (κ2) is 9.04. The van der Waals surface area contributed by atoms with E-state index >= 15 is 0 Å². The first-order valence-electron chi connectivity index (χ1n) is 11.7. The number of fused-ring (bicyclic) bond motifs is 1. The SMILES string of the molecule is CC1CN(Cc2ccc(C(=O)N3CCC(c4nc5ccccc5o4)CC3)cc2)CC(C)O1. The zero-order chi connectivity index (χ0) is 22.1. The quantitative estimate of drug-likeness (QED) is 0.608. The summed E-state index contributed by atoms with van der Waals surface area (Å²) < 4.78 is 11.8. The van der Waals surface area contributed by atoms with Crippen LogP contribution >= 0.6 is 0 Å². The molecule has 2 aromatic carbocycles. The van der Waals surface area contributed by atoms with Crippen LogP contribution in [0.15, 0.2) is 52.9 Å². The van der Waals surface area contributed by atoms with Gasteiger partial charge in [-0.05, 0) is 56.5 Å². The highest BCUT2D eigenvalue weighted by Crippen LogP contribution is 2.30. The Morgan fingerprint density at radius 2 is 1.69 bits per heavy atom. The minimum absolute atomic E-state index is 0.112. The number of hydrogen-bond acceptors (Lipinski definition) is 5. The van der Waals surface area contributed by atoms with E-state index in [1.165, 1.54) is 5.56 Å². The summed E-state index contributed by atoms with van der Waals surface area (Å²) >= 11 is 0. The Balaban J connectivity index is 1.17. The van der Waals surface area contributed by atoms with Crippen molar-refractivity contribution in [3.05, 3.63) is 65.5 Å². The topological polar surface area (TPSA) is 58.8 Å². The largest absolute Gasteiger partial charge is 0.440 e. The summed E-state index contributed by atoms with van der Waals surface area (Å²) in [6, 6.07) is 16.0. The van der Waals surface area contributed by atoms with Gasteiger partial charge in [-0.15, -0.1) is 0 Å². The van der Waals surface area contributed by atoms with Crippen LogP contribution in [0.2, 0.25) is 0 Å². The Hall–Kier alpha value is -2.70. The number of morpholine rings is 1. The third kappa shape index (κ3) is 4.57. The molecule has 0 bridgehead atoms. The predicted molar refractivity (Wildman–Crippen MR) is 124 cm³/mol. The van der Waals surface area contributed by atoms with E-state index in [0.29, 0.717) is 0 Å². The zero-order valence-corrected chi connectivity index (χ0v) is 18.9. The lowest BCUT2D eigenvalue weighted by molar-refractivity contribution is -0.0704. The molecule has 168 valence electrons. The maximum atomic E-state index is 13.0. The lowest BCUT2D eigenvalue weighted by Gasteiger charge is -2.35. The first-order valence-corrected chi connectivity index (χ1v) is 11.7. The van der Waals surface area contributed by atoms with E-state index in [2.05, 4.69) is 35.9 Å². The zero-order valence-electron chi connectivity index (χ0n) is 18.9. The van der Waals surface area contributed by atoms with Gasteiger partial charge < -0.3 is 14.1 Å². The Labute approximate surface area is 189 Å². The number of likely N-dealkylation sites (tertiary alicyclic amines) is 1. The van der Waals surface area contributed by atoms with Crippen LogP contribution in [0.4, 0.5) is 0 Å². The van der Waals surface area contributed by atoms with E-state index in [1.807, 2.05) is 41.3 Å². The maximum Gasteiger partial charge on any atom is 0.253 e. The number of oxazole rings is 1. The highest BCUT2D eigenvalue weighted by molar-refractivity contribution is 5.94. The fourth-order valence-electron chi connectivity index (χ4n) is 5.00. The van der Waals surface area contributed by atoms with Gasteiger partial charge in [0.15, 0.2) is 11.5 Å². The molecule has 2 fully saturated rings. The molecule has 2 atom stereocenters. The number of aromatic nitrogens is 1. The maximum absolute atomic E-state index is 13.0. The monoisotopic (exact) mass is 433 g/mol. The van der Waals surface area contributed by atoms with Crippen LogP contribution in [0, 0.1) is 0 Å².